The minimum atomic E-state index is 0.350. The average Bonchev–Trinajstić information content (AvgIpc) is 2.13. The first-order chi connectivity index (χ1) is 7.00. The van der Waals surface area contributed by atoms with Crippen molar-refractivity contribution in [2.75, 3.05) is 0 Å². The van der Waals surface area contributed by atoms with Crippen LogP contribution in [0.1, 0.15) is 22.3 Å². The highest BCUT2D eigenvalue weighted by atomic mass is 16.3. The van der Waals surface area contributed by atoms with Crippen molar-refractivity contribution in [3.8, 4) is 5.75 Å². The number of aromatic hydroxyl groups is 1. The number of rotatable bonds is 0. The van der Waals surface area contributed by atoms with Crippen molar-refractivity contribution < 1.29 is 5.11 Å². The van der Waals surface area contributed by atoms with Crippen LogP contribution < -0.4 is 0 Å². The Labute approximate surface area is 90.4 Å². The number of hydrogen-bond donors (Lipinski definition) is 1. The molecule has 0 amide bonds. The van der Waals surface area contributed by atoms with Gasteiger partial charge in [-0.15, -0.1) is 0 Å². The molecule has 0 saturated carbocycles. The van der Waals surface area contributed by atoms with Crippen LogP contribution in [0.4, 0.5) is 0 Å². The van der Waals surface area contributed by atoms with Crippen LogP contribution in [0, 0.1) is 27.7 Å². The largest absolute Gasteiger partial charge is 0.508 e. The number of benzene rings is 2. The average molecular weight is 200 g/mol. The molecule has 0 saturated heterocycles. The van der Waals surface area contributed by atoms with Crippen molar-refractivity contribution >= 4 is 10.8 Å². The lowest BCUT2D eigenvalue weighted by Crippen LogP contribution is -1.91. The smallest absolute Gasteiger partial charge is 0.116 e. The van der Waals surface area contributed by atoms with Gasteiger partial charge in [-0.25, -0.2) is 0 Å². The molecule has 0 bridgehead atoms. The molecule has 0 aromatic heterocycles. The molecule has 0 heterocycles. The molecule has 78 valence electrons. The maximum atomic E-state index is 9.56. The Morgan fingerprint density at radius 3 is 2.13 bits per heavy atom. The third-order valence-electron chi connectivity index (χ3n) is 3.25. The zero-order valence-corrected chi connectivity index (χ0v) is 9.68. The fourth-order valence-electron chi connectivity index (χ4n) is 2.25. The highest BCUT2D eigenvalue weighted by Crippen LogP contribution is 2.30. The minimum absolute atomic E-state index is 0.350. The van der Waals surface area contributed by atoms with Gasteiger partial charge in [0.05, 0.1) is 0 Å². The van der Waals surface area contributed by atoms with Crippen LogP contribution in [0.15, 0.2) is 18.2 Å². The van der Waals surface area contributed by atoms with E-state index in [2.05, 4.69) is 26.8 Å². The Bertz CT molecular complexity index is 539. The van der Waals surface area contributed by atoms with Gasteiger partial charge in [-0.2, -0.15) is 0 Å². The van der Waals surface area contributed by atoms with E-state index in [1.54, 1.807) is 0 Å². The van der Waals surface area contributed by atoms with Crippen LogP contribution in [0.3, 0.4) is 0 Å². The predicted molar refractivity (Wildman–Crippen MR) is 64.6 cm³/mol. The first kappa shape index (κ1) is 10.0. The Hall–Kier alpha value is -1.50. The Kier molecular flexibility index (Phi) is 2.18. The van der Waals surface area contributed by atoms with E-state index in [0.717, 1.165) is 10.9 Å². The molecular weight excluding hydrogens is 184 g/mol. The van der Waals surface area contributed by atoms with Crippen molar-refractivity contribution in [3.63, 3.8) is 0 Å². The molecule has 0 aliphatic heterocycles. The van der Waals surface area contributed by atoms with Crippen LogP contribution in [0.25, 0.3) is 10.8 Å². The second-order valence-corrected chi connectivity index (χ2v) is 4.30. The van der Waals surface area contributed by atoms with E-state index in [0.29, 0.717) is 5.75 Å². The van der Waals surface area contributed by atoms with Crippen molar-refractivity contribution in [2.24, 2.45) is 0 Å². The van der Waals surface area contributed by atoms with Gasteiger partial charge in [0.15, 0.2) is 0 Å². The van der Waals surface area contributed by atoms with Crippen molar-refractivity contribution in [1.29, 1.82) is 0 Å². The third kappa shape index (κ3) is 1.48. The molecule has 0 aliphatic carbocycles. The Morgan fingerprint density at radius 1 is 0.800 bits per heavy atom. The monoisotopic (exact) mass is 200 g/mol. The standard InChI is InChI=1S/C14H16O/c1-8-5-12-7-13(15)6-9(2)14(12)11(4)10(8)3/h5-7,15H,1-4H3. The molecule has 0 spiro atoms. The molecule has 0 atom stereocenters. The van der Waals surface area contributed by atoms with E-state index < -0.39 is 0 Å². The predicted octanol–water partition coefficient (Wildman–Crippen LogP) is 3.78. The summed E-state index contributed by atoms with van der Waals surface area (Å²) in [5.41, 5.74) is 5.09. The first-order valence-corrected chi connectivity index (χ1v) is 5.21. The molecule has 2 aromatic rings. The summed E-state index contributed by atoms with van der Waals surface area (Å²) >= 11 is 0. The van der Waals surface area contributed by atoms with E-state index in [1.807, 2.05) is 19.1 Å². The van der Waals surface area contributed by atoms with Gasteiger partial charge in [0, 0.05) is 0 Å². The van der Waals surface area contributed by atoms with Gasteiger partial charge >= 0.3 is 0 Å². The molecule has 1 nitrogen and oxygen atoms in total. The second-order valence-electron chi connectivity index (χ2n) is 4.30. The van der Waals surface area contributed by atoms with Gasteiger partial charge in [0.25, 0.3) is 0 Å². The molecule has 15 heavy (non-hydrogen) atoms. The van der Waals surface area contributed by atoms with Crippen LogP contribution in [-0.4, -0.2) is 5.11 Å². The minimum Gasteiger partial charge on any atom is -0.508 e. The first-order valence-electron chi connectivity index (χ1n) is 5.21. The normalized spacial score (nSPS) is 10.9. The zero-order valence-electron chi connectivity index (χ0n) is 9.68. The molecular formula is C14H16O. The maximum absolute atomic E-state index is 9.56. The zero-order chi connectivity index (χ0) is 11.2. The summed E-state index contributed by atoms with van der Waals surface area (Å²) in [4.78, 5) is 0. The Morgan fingerprint density at radius 2 is 1.47 bits per heavy atom. The van der Waals surface area contributed by atoms with E-state index >= 15 is 0 Å². The van der Waals surface area contributed by atoms with Crippen molar-refractivity contribution in [1.82, 2.24) is 0 Å². The second kappa shape index (κ2) is 3.27. The summed E-state index contributed by atoms with van der Waals surface area (Å²) in [7, 11) is 0. The van der Waals surface area contributed by atoms with Gasteiger partial charge in [0.2, 0.25) is 0 Å². The summed E-state index contributed by atoms with van der Waals surface area (Å²) in [6, 6.07) is 5.80. The van der Waals surface area contributed by atoms with Crippen molar-refractivity contribution in [3.05, 3.63) is 40.5 Å². The quantitative estimate of drug-likeness (QED) is 0.686. The highest BCUT2D eigenvalue weighted by molar-refractivity contribution is 5.91. The number of phenols is 1. The molecule has 1 N–H and O–H groups in total. The summed E-state index contributed by atoms with van der Waals surface area (Å²) in [6.07, 6.45) is 0. The van der Waals surface area contributed by atoms with Crippen LogP contribution in [-0.2, 0) is 0 Å². The SMILES string of the molecule is Cc1cc2cc(O)cc(C)c2c(C)c1C. The molecule has 0 aliphatic rings. The topological polar surface area (TPSA) is 20.2 Å². The van der Waals surface area contributed by atoms with Crippen molar-refractivity contribution in [2.45, 2.75) is 27.7 Å². The lowest BCUT2D eigenvalue weighted by molar-refractivity contribution is 0.476. The fourth-order valence-corrected chi connectivity index (χ4v) is 2.25. The van der Waals surface area contributed by atoms with Crippen LogP contribution in [0.2, 0.25) is 0 Å². The molecule has 2 rings (SSSR count). The number of fused-ring (bicyclic) bond motifs is 1. The maximum Gasteiger partial charge on any atom is 0.116 e. The van der Waals surface area contributed by atoms with E-state index in [1.165, 1.54) is 22.1 Å². The summed E-state index contributed by atoms with van der Waals surface area (Å²) in [6.45, 7) is 8.45. The van der Waals surface area contributed by atoms with Gasteiger partial charge in [-0.05, 0) is 72.9 Å². The third-order valence-corrected chi connectivity index (χ3v) is 3.25. The van der Waals surface area contributed by atoms with E-state index in [-0.39, 0.29) is 0 Å². The molecule has 0 fully saturated rings. The number of hydrogen-bond acceptors (Lipinski definition) is 1. The molecule has 0 radical (unpaired) electrons. The van der Waals surface area contributed by atoms with E-state index in [4.69, 9.17) is 0 Å². The lowest BCUT2D eigenvalue weighted by Gasteiger charge is -2.12. The van der Waals surface area contributed by atoms with Gasteiger partial charge in [-0.1, -0.05) is 6.07 Å². The van der Waals surface area contributed by atoms with Crippen LogP contribution in [0.5, 0.6) is 5.75 Å². The van der Waals surface area contributed by atoms with Gasteiger partial charge in [-0.3, -0.25) is 0 Å². The number of phenolic OH excluding ortho intramolecular Hbond substituents is 1. The van der Waals surface area contributed by atoms with E-state index in [9.17, 15) is 5.11 Å². The highest BCUT2D eigenvalue weighted by Gasteiger charge is 2.07. The van der Waals surface area contributed by atoms with Crippen LogP contribution >= 0.6 is 0 Å². The fraction of sp³-hybridized carbons (Fsp3) is 0.286. The molecule has 2 aromatic carbocycles. The van der Waals surface area contributed by atoms with Gasteiger partial charge in [0.1, 0.15) is 5.75 Å². The molecule has 1 heteroatoms. The van der Waals surface area contributed by atoms with Gasteiger partial charge < -0.3 is 5.11 Å². The Balaban J connectivity index is 2.99. The lowest BCUT2D eigenvalue weighted by atomic mass is 9.94. The summed E-state index contributed by atoms with van der Waals surface area (Å²) in [5.74, 6) is 0.350. The number of aryl methyl sites for hydroxylation is 3. The summed E-state index contributed by atoms with van der Waals surface area (Å²) < 4.78 is 0. The summed E-state index contributed by atoms with van der Waals surface area (Å²) in [5, 5.41) is 12.0. The molecule has 0 unspecified atom stereocenters.